The number of esters is 1. The Morgan fingerprint density at radius 3 is 2.71 bits per heavy atom. The second kappa shape index (κ2) is 7.45. The van der Waals surface area contributed by atoms with Crippen LogP contribution in [0.25, 0.3) is 4.91 Å². The summed E-state index contributed by atoms with van der Waals surface area (Å²) in [6, 6.07) is 16.0. The van der Waals surface area contributed by atoms with Gasteiger partial charge >= 0.3 is 5.97 Å². The van der Waals surface area contributed by atoms with Crippen LogP contribution < -0.4 is 0 Å². The van der Waals surface area contributed by atoms with Gasteiger partial charge in [0.05, 0.1) is 12.2 Å². The maximum absolute atomic E-state index is 12.6. The van der Waals surface area contributed by atoms with Gasteiger partial charge in [-0.05, 0) is 54.7 Å². The summed E-state index contributed by atoms with van der Waals surface area (Å²) in [5.41, 5.74) is 3.01. The van der Waals surface area contributed by atoms with Crippen molar-refractivity contribution in [2.45, 2.75) is 25.2 Å². The molecule has 124 valence electrons. The van der Waals surface area contributed by atoms with Gasteiger partial charge in [-0.2, -0.15) is 0 Å². The van der Waals surface area contributed by atoms with Crippen molar-refractivity contribution in [3.05, 3.63) is 70.3 Å². The highest BCUT2D eigenvalue weighted by Crippen LogP contribution is 2.45. The Morgan fingerprint density at radius 2 is 2.00 bits per heavy atom. The minimum atomic E-state index is -0.228. The van der Waals surface area contributed by atoms with Gasteiger partial charge in [-0.15, -0.1) is 0 Å². The molecule has 1 unspecified atom stereocenters. The second-order valence-electron chi connectivity index (χ2n) is 5.79. The third-order valence-corrected chi connectivity index (χ3v) is 5.43. The van der Waals surface area contributed by atoms with Crippen LogP contribution in [0, 0.1) is 5.92 Å². The van der Waals surface area contributed by atoms with Crippen molar-refractivity contribution < 1.29 is 9.53 Å². The summed E-state index contributed by atoms with van der Waals surface area (Å²) in [5.74, 6) is -0.113. The summed E-state index contributed by atoms with van der Waals surface area (Å²) in [6.07, 6.45) is 0.819. The lowest BCUT2D eigenvalue weighted by molar-refractivity contribution is -0.139. The lowest BCUT2D eigenvalue weighted by Gasteiger charge is -2.27. The first-order valence-electron chi connectivity index (χ1n) is 8.03. The second-order valence-corrected chi connectivity index (χ2v) is 7.31. The third-order valence-electron chi connectivity index (χ3n) is 4.04. The van der Waals surface area contributed by atoms with Crippen molar-refractivity contribution in [3.8, 4) is 0 Å². The average molecular weight is 359 g/mol. The molecule has 0 bridgehead atoms. The quantitative estimate of drug-likeness (QED) is 0.665. The zero-order chi connectivity index (χ0) is 17.1. The molecule has 0 fully saturated rings. The number of ether oxygens (including phenoxy) is 1. The van der Waals surface area contributed by atoms with E-state index in [9.17, 15) is 4.79 Å². The van der Waals surface area contributed by atoms with E-state index in [1.807, 2.05) is 49.4 Å². The summed E-state index contributed by atoms with van der Waals surface area (Å²) in [4.78, 5) is 14.6. The Bertz CT molecular complexity index is 783. The Hall–Kier alpha value is -1.71. The van der Waals surface area contributed by atoms with E-state index in [1.54, 1.807) is 11.8 Å². The number of rotatable bonds is 4. The number of halogens is 1. The van der Waals surface area contributed by atoms with Crippen molar-refractivity contribution in [2.24, 2.45) is 5.92 Å². The zero-order valence-corrected chi connectivity index (χ0v) is 15.3. The van der Waals surface area contributed by atoms with E-state index in [-0.39, 0.29) is 11.9 Å². The molecule has 4 heteroatoms. The molecule has 2 aromatic carbocycles. The summed E-state index contributed by atoms with van der Waals surface area (Å²) >= 11 is 7.82. The van der Waals surface area contributed by atoms with Crippen LogP contribution in [-0.2, 0) is 16.0 Å². The Balaban J connectivity index is 2.14. The van der Waals surface area contributed by atoms with Crippen LogP contribution >= 0.6 is 23.4 Å². The fraction of sp³-hybridized carbons (Fsp3) is 0.250. The van der Waals surface area contributed by atoms with E-state index in [4.69, 9.17) is 16.3 Å². The number of carbonyl (C=O) groups excluding carboxylic acids is 1. The number of benzene rings is 2. The van der Waals surface area contributed by atoms with Gasteiger partial charge in [-0.1, -0.05) is 54.6 Å². The molecule has 0 radical (unpaired) electrons. The van der Waals surface area contributed by atoms with E-state index >= 15 is 0 Å². The maximum Gasteiger partial charge on any atom is 0.335 e. The zero-order valence-electron chi connectivity index (χ0n) is 13.7. The van der Waals surface area contributed by atoms with Crippen molar-refractivity contribution in [1.82, 2.24) is 0 Å². The Morgan fingerprint density at radius 1 is 1.25 bits per heavy atom. The SMILES string of the molecule is CCOC(=O)C1=C(Sc2ccccc2)c2cc(Cl)ccc2CC1C. The highest BCUT2D eigenvalue weighted by atomic mass is 35.5. The number of hydrogen-bond acceptors (Lipinski definition) is 3. The first kappa shape index (κ1) is 17.1. The molecular formula is C20H19ClO2S. The van der Waals surface area contributed by atoms with E-state index in [2.05, 4.69) is 13.0 Å². The number of hydrogen-bond donors (Lipinski definition) is 0. The molecule has 0 heterocycles. The largest absolute Gasteiger partial charge is 0.463 e. The molecule has 3 rings (SSSR count). The monoisotopic (exact) mass is 358 g/mol. The standard InChI is InChI=1S/C20H19ClO2S/c1-3-23-20(22)18-13(2)11-14-9-10-15(21)12-17(14)19(18)24-16-7-5-4-6-8-16/h4-10,12-13H,3,11H2,1-2H3. The van der Waals surface area contributed by atoms with Gasteiger partial charge in [0.2, 0.25) is 0 Å². The van der Waals surface area contributed by atoms with Gasteiger partial charge in [0.25, 0.3) is 0 Å². The fourth-order valence-corrected chi connectivity index (χ4v) is 4.35. The van der Waals surface area contributed by atoms with Crippen LogP contribution in [-0.4, -0.2) is 12.6 Å². The van der Waals surface area contributed by atoms with E-state index in [0.29, 0.717) is 11.6 Å². The number of carbonyl (C=O) groups is 1. The van der Waals surface area contributed by atoms with Gasteiger partial charge in [0, 0.05) is 14.8 Å². The fourth-order valence-electron chi connectivity index (χ4n) is 2.96. The van der Waals surface area contributed by atoms with Crippen molar-refractivity contribution in [2.75, 3.05) is 6.61 Å². The third kappa shape index (κ3) is 3.52. The van der Waals surface area contributed by atoms with Crippen LogP contribution in [0.5, 0.6) is 0 Å². The Labute approximate surface area is 151 Å². The van der Waals surface area contributed by atoms with Crippen molar-refractivity contribution in [3.63, 3.8) is 0 Å². The minimum absolute atomic E-state index is 0.115. The highest BCUT2D eigenvalue weighted by molar-refractivity contribution is 8.08. The van der Waals surface area contributed by atoms with Gasteiger partial charge in [0.15, 0.2) is 0 Å². The molecule has 2 nitrogen and oxygen atoms in total. The van der Waals surface area contributed by atoms with Gasteiger partial charge in [0.1, 0.15) is 0 Å². The van der Waals surface area contributed by atoms with Gasteiger partial charge < -0.3 is 4.74 Å². The summed E-state index contributed by atoms with van der Waals surface area (Å²) in [5, 5.41) is 0.678. The lowest BCUT2D eigenvalue weighted by atomic mass is 9.84. The van der Waals surface area contributed by atoms with Crippen LogP contribution in [0.2, 0.25) is 5.02 Å². The summed E-state index contributed by atoms with van der Waals surface area (Å²) in [7, 11) is 0. The van der Waals surface area contributed by atoms with E-state index in [0.717, 1.165) is 27.4 Å². The van der Waals surface area contributed by atoms with Crippen LogP contribution in [0.15, 0.2) is 59.0 Å². The molecule has 0 spiro atoms. The smallest absolute Gasteiger partial charge is 0.335 e. The molecule has 0 aromatic heterocycles. The first-order valence-corrected chi connectivity index (χ1v) is 9.22. The molecule has 0 saturated carbocycles. The number of fused-ring (bicyclic) bond motifs is 1. The van der Waals surface area contributed by atoms with E-state index < -0.39 is 0 Å². The minimum Gasteiger partial charge on any atom is -0.463 e. The highest BCUT2D eigenvalue weighted by Gasteiger charge is 2.30. The Kier molecular flexibility index (Phi) is 5.32. The predicted molar refractivity (Wildman–Crippen MR) is 100 cm³/mol. The number of thioether (sulfide) groups is 1. The molecule has 0 amide bonds. The molecule has 2 aromatic rings. The van der Waals surface area contributed by atoms with Crippen LogP contribution in [0.1, 0.15) is 25.0 Å². The normalized spacial score (nSPS) is 16.7. The average Bonchev–Trinajstić information content (AvgIpc) is 2.56. The van der Waals surface area contributed by atoms with Crippen molar-refractivity contribution in [1.29, 1.82) is 0 Å². The molecule has 0 aliphatic heterocycles. The lowest BCUT2D eigenvalue weighted by Crippen LogP contribution is -2.21. The van der Waals surface area contributed by atoms with Crippen LogP contribution in [0.4, 0.5) is 0 Å². The molecule has 24 heavy (non-hydrogen) atoms. The molecular weight excluding hydrogens is 340 g/mol. The van der Waals surface area contributed by atoms with Gasteiger partial charge in [-0.25, -0.2) is 4.79 Å². The van der Waals surface area contributed by atoms with E-state index in [1.165, 1.54) is 5.56 Å². The molecule has 1 aliphatic rings. The topological polar surface area (TPSA) is 26.3 Å². The summed E-state index contributed by atoms with van der Waals surface area (Å²) < 4.78 is 5.32. The van der Waals surface area contributed by atoms with Gasteiger partial charge in [-0.3, -0.25) is 0 Å². The molecule has 0 saturated heterocycles. The first-order chi connectivity index (χ1) is 11.6. The predicted octanol–water partition coefficient (Wildman–Crippen LogP) is 5.60. The molecule has 1 atom stereocenters. The van der Waals surface area contributed by atoms with Crippen molar-refractivity contribution >= 4 is 34.2 Å². The van der Waals surface area contributed by atoms with Crippen LogP contribution in [0.3, 0.4) is 0 Å². The molecule has 0 N–H and O–H groups in total. The molecule has 1 aliphatic carbocycles. The summed E-state index contributed by atoms with van der Waals surface area (Å²) in [6.45, 7) is 4.29. The maximum atomic E-state index is 12.6.